The van der Waals surface area contributed by atoms with Gasteiger partial charge in [-0.05, 0) is 12.8 Å². The minimum atomic E-state index is 0.0772. The summed E-state index contributed by atoms with van der Waals surface area (Å²) in [5.74, 6) is 0.925. The van der Waals surface area contributed by atoms with Crippen LogP contribution in [-0.4, -0.2) is 60.3 Å². The molecule has 7 heteroatoms. The molecule has 0 aliphatic carbocycles. The molecule has 2 fully saturated rings. The number of hydrogen-bond donors (Lipinski definition) is 0. The molecule has 3 heterocycles. The van der Waals surface area contributed by atoms with Crippen LogP contribution in [0.5, 0.6) is 11.9 Å². The van der Waals surface area contributed by atoms with Gasteiger partial charge in [-0.25, -0.2) is 4.98 Å². The average molecular weight is 321 g/mol. The smallest absolute Gasteiger partial charge is 0.319 e. The molecule has 3 rings (SSSR count). The first-order valence-corrected chi connectivity index (χ1v) is 8.16. The summed E-state index contributed by atoms with van der Waals surface area (Å²) in [7, 11) is 1.53. The number of ether oxygens (including phenoxy) is 3. The van der Waals surface area contributed by atoms with E-state index in [0.717, 1.165) is 38.8 Å². The van der Waals surface area contributed by atoms with Crippen molar-refractivity contribution in [2.45, 2.75) is 31.8 Å². The van der Waals surface area contributed by atoms with Crippen molar-refractivity contribution in [1.29, 1.82) is 0 Å². The zero-order valence-corrected chi connectivity index (χ0v) is 13.4. The van der Waals surface area contributed by atoms with Gasteiger partial charge in [0.25, 0.3) is 0 Å². The van der Waals surface area contributed by atoms with Crippen LogP contribution in [-0.2, 0) is 9.53 Å². The van der Waals surface area contributed by atoms with Gasteiger partial charge in [-0.3, -0.25) is 4.79 Å². The van der Waals surface area contributed by atoms with E-state index in [1.807, 2.05) is 4.90 Å². The van der Waals surface area contributed by atoms with Crippen LogP contribution in [0.15, 0.2) is 12.3 Å². The largest absolute Gasteiger partial charge is 0.474 e. The predicted octanol–water partition coefficient (Wildman–Crippen LogP) is 1.28. The van der Waals surface area contributed by atoms with E-state index in [2.05, 4.69) is 9.97 Å². The molecule has 0 N–H and O–H groups in total. The summed E-state index contributed by atoms with van der Waals surface area (Å²) >= 11 is 0. The third-order valence-corrected chi connectivity index (χ3v) is 4.40. The fourth-order valence-electron chi connectivity index (χ4n) is 3.06. The third kappa shape index (κ3) is 4.10. The maximum atomic E-state index is 12.5. The van der Waals surface area contributed by atoms with Crippen LogP contribution in [0.3, 0.4) is 0 Å². The predicted molar refractivity (Wildman–Crippen MR) is 82.4 cm³/mol. The fraction of sp³-hybridized carbons (Fsp3) is 0.688. The molecule has 23 heavy (non-hydrogen) atoms. The number of aromatic nitrogens is 2. The lowest BCUT2D eigenvalue weighted by molar-refractivity contribution is -0.140. The highest BCUT2D eigenvalue weighted by Crippen LogP contribution is 2.22. The van der Waals surface area contributed by atoms with Crippen molar-refractivity contribution in [3.05, 3.63) is 12.3 Å². The molecular weight excluding hydrogens is 298 g/mol. The highest BCUT2D eigenvalue weighted by Gasteiger charge is 2.30. The van der Waals surface area contributed by atoms with Gasteiger partial charge in [0.05, 0.1) is 7.11 Å². The van der Waals surface area contributed by atoms with Crippen LogP contribution in [0.4, 0.5) is 0 Å². The van der Waals surface area contributed by atoms with Gasteiger partial charge in [0.15, 0.2) is 0 Å². The molecule has 1 amide bonds. The van der Waals surface area contributed by atoms with Gasteiger partial charge in [-0.1, -0.05) is 0 Å². The number of hydrogen-bond acceptors (Lipinski definition) is 6. The summed E-state index contributed by atoms with van der Waals surface area (Å²) in [6.07, 6.45) is 5.02. The molecule has 126 valence electrons. The molecule has 0 atom stereocenters. The van der Waals surface area contributed by atoms with Crippen molar-refractivity contribution in [2.75, 3.05) is 33.4 Å². The van der Waals surface area contributed by atoms with E-state index in [4.69, 9.17) is 14.2 Å². The Morgan fingerprint density at radius 1 is 1.26 bits per heavy atom. The number of carbonyl (C=O) groups is 1. The summed E-state index contributed by atoms with van der Waals surface area (Å²) < 4.78 is 16.2. The van der Waals surface area contributed by atoms with Crippen LogP contribution < -0.4 is 9.47 Å². The van der Waals surface area contributed by atoms with E-state index in [1.165, 1.54) is 7.11 Å². The molecule has 2 aliphatic heterocycles. The molecule has 2 saturated heterocycles. The first-order chi connectivity index (χ1) is 11.3. The highest BCUT2D eigenvalue weighted by atomic mass is 16.5. The third-order valence-electron chi connectivity index (χ3n) is 4.40. The van der Waals surface area contributed by atoms with Crippen molar-refractivity contribution in [3.8, 4) is 11.9 Å². The van der Waals surface area contributed by atoms with Crippen molar-refractivity contribution in [2.24, 2.45) is 5.92 Å². The molecular formula is C16H23N3O4. The maximum absolute atomic E-state index is 12.5. The number of amides is 1. The van der Waals surface area contributed by atoms with Crippen LogP contribution in [0.2, 0.25) is 0 Å². The lowest BCUT2D eigenvalue weighted by atomic mass is 9.97. The second-order valence-electron chi connectivity index (χ2n) is 5.91. The zero-order valence-electron chi connectivity index (χ0n) is 13.4. The van der Waals surface area contributed by atoms with E-state index in [-0.39, 0.29) is 17.9 Å². The van der Waals surface area contributed by atoms with E-state index >= 15 is 0 Å². The Bertz CT molecular complexity index is 526. The molecule has 1 aromatic rings. The molecule has 0 radical (unpaired) electrons. The Kier molecular flexibility index (Phi) is 5.27. The number of nitrogens with zero attached hydrogens (tertiary/aromatic N) is 3. The van der Waals surface area contributed by atoms with E-state index in [9.17, 15) is 4.79 Å². The molecule has 0 saturated carbocycles. The fourth-order valence-corrected chi connectivity index (χ4v) is 3.06. The minimum Gasteiger partial charge on any atom is -0.474 e. The summed E-state index contributed by atoms with van der Waals surface area (Å²) in [6.45, 7) is 2.88. The SMILES string of the molecule is COc1nccc(OC2CCN(C(=O)C3CCOCC3)CC2)n1. The van der Waals surface area contributed by atoms with Crippen LogP contribution in [0.25, 0.3) is 0 Å². The van der Waals surface area contributed by atoms with Crippen LogP contribution >= 0.6 is 0 Å². The summed E-state index contributed by atoms with van der Waals surface area (Å²) in [5.41, 5.74) is 0. The van der Waals surface area contributed by atoms with Gasteiger partial charge in [-0.2, -0.15) is 4.98 Å². The van der Waals surface area contributed by atoms with Gasteiger partial charge < -0.3 is 19.1 Å². The van der Waals surface area contributed by atoms with Gasteiger partial charge >= 0.3 is 6.01 Å². The minimum absolute atomic E-state index is 0.0772. The summed E-state index contributed by atoms with van der Waals surface area (Å²) in [6, 6.07) is 2.02. The Morgan fingerprint density at radius 3 is 2.70 bits per heavy atom. The van der Waals surface area contributed by atoms with Crippen molar-refractivity contribution in [3.63, 3.8) is 0 Å². The van der Waals surface area contributed by atoms with Crippen LogP contribution in [0, 0.1) is 5.92 Å². The van der Waals surface area contributed by atoms with Gasteiger partial charge in [0.2, 0.25) is 11.8 Å². The highest BCUT2D eigenvalue weighted by molar-refractivity contribution is 5.79. The molecule has 0 aromatic carbocycles. The van der Waals surface area contributed by atoms with E-state index < -0.39 is 0 Å². The van der Waals surface area contributed by atoms with Crippen molar-refractivity contribution < 1.29 is 19.0 Å². The Labute approximate surface area is 136 Å². The van der Waals surface area contributed by atoms with Crippen molar-refractivity contribution >= 4 is 5.91 Å². The second-order valence-corrected chi connectivity index (χ2v) is 5.91. The van der Waals surface area contributed by atoms with Crippen LogP contribution in [0.1, 0.15) is 25.7 Å². The number of piperidine rings is 1. The molecule has 2 aliphatic rings. The Hall–Kier alpha value is -1.89. The van der Waals surface area contributed by atoms with E-state index in [0.29, 0.717) is 25.1 Å². The summed E-state index contributed by atoms with van der Waals surface area (Å²) in [4.78, 5) is 22.6. The Morgan fingerprint density at radius 2 is 2.00 bits per heavy atom. The first kappa shape index (κ1) is 16.0. The number of methoxy groups -OCH3 is 1. The average Bonchev–Trinajstić information content (AvgIpc) is 2.63. The Balaban J connectivity index is 1.48. The molecule has 0 unspecified atom stereocenters. The number of likely N-dealkylation sites (tertiary alicyclic amines) is 1. The number of carbonyl (C=O) groups excluding carboxylic acids is 1. The number of rotatable bonds is 4. The monoisotopic (exact) mass is 321 g/mol. The lowest BCUT2D eigenvalue weighted by Crippen LogP contribution is -2.45. The van der Waals surface area contributed by atoms with Gasteiger partial charge in [0.1, 0.15) is 6.10 Å². The quantitative estimate of drug-likeness (QED) is 0.832. The molecule has 0 bridgehead atoms. The lowest BCUT2D eigenvalue weighted by Gasteiger charge is -2.35. The normalized spacial score (nSPS) is 20.3. The standard InChI is InChI=1S/C16H23N3O4/c1-21-16-17-7-2-14(18-16)23-13-3-8-19(9-4-13)15(20)12-5-10-22-11-6-12/h2,7,12-13H,3-6,8-11H2,1H3. The zero-order chi connectivity index (χ0) is 16.1. The first-order valence-electron chi connectivity index (χ1n) is 8.16. The topological polar surface area (TPSA) is 73.8 Å². The van der Waals surface area contributed by atoms with E-state index in [1.54, 1.807) is 12.3 Å². The molecule has 7 nitrogen and oxygen atoms in total. The van der Waals surface area contributed by atoms with Gasteiger partial charge in [-0.15, -0.1) is 0 Å². The molecule has 0 spiro atoms. The summed E-state index contributed by atoms with van der Waals surface area (Å²) in [5, 5.41) is 0. The second kappa shape index (κ2) is 7.59. The molecule has 1 aromatic heterocycles. The van der Waals surface area contributed by atoms with Crippen molar-refractivity contribution in [1.82, 2.24) is 14.9 Å². The maximum Gasteiger partial charge on any atom is 0.319 e. The van der Waals surface area contributed by atoms with Gasteiger partial charge in [0, 0.05) is 57.3 Å².